The molecule has 4 heterocycles. The number of nitrogens with zero attached hydrogens (tertiary/aromatic N) is 2. The molecule has 1 amide bonds. The van der Waals surface area contributed by atoms with Crippen molar-refractivity contribution < 1.29 is 18.8 Å². The minimum absolute atomic E-state index is 0.217. The van der Waals surface area contributed by atoms with E-state index in [9.17, 15) is 4.79 Å². The Hall–Kier alpha value is -1.41. The second-order valence-electron chi connectivity index (χ2n) is 12.0. The van der Waals surface area contributed by atoms with Crippen molar-refractivity contribution in [2.75, 3.05) is 18.1 Å². The van der Waals surface area contributed by atoms with E-state index in [1.165, 1.54) is 6.42 Å². The first-order valence-corrected chi connectivity index (χ1v) is 12.2. The molecule has 5 aliphatic rings. The van der Waals surface area contributed by atoms with Crippen LogP contribution in [0.3, 0.4) is 0 Å². The highest BCUT2D eigenvalue weighted by molar-refractivity contribution is 6.62. The van der Waals surface area contributed by atoms with Crippen LogP contribution in [0.2, 0.25) is 0 Å². The molecule has 6 rings (SSSR count). The number of carbonyl (C=O) groups excluding carboxylic acids is 1. The average molecular weight is 438 g/mol. The lowest BCUT2D eigenvalue weighted by Crippen LogP contribution is -2.70. The van der Waals surface area contributed by atoms with Crippen molar-refractivity contribution in [2.45, 2.75) is 102 Å². The maximum atomic E-state index is 13.5. The molecule has 3 saturated heterocycles. The molecule has 4 aliphatic heterocycles. The second kappa shape index (κ2) is 6.59. The van der Waals surface area contributed by atoms with Crippen LogP contribution in [0.25, 0.3) is 0 Å². The predicted octanol–water partition coefficient (Wildman–Crippen LogP) is 2.61. The predicted molar refractivity (Wildman–Crippen MR) is 124 cm³/mol. The number of hydrogen-bond donors (Lipinski definition) is 0. The lowest BCUT2D eigenvalue weighted by atomic mass is 9.76. The van der Waals surface area contributed by atoms with Gasteiger partial charge in [0.15, 0.2) is 0 Å². The first-order valence-electron chi connectivity index (χ1n) is 12.2. The third-order valence-electron chi connectivity index (χ3n) is 9.12. The molecule has 1 aliphatic carbocycles. The second-order valence-corrected chi connectivity index (χ2v) is 12.0. The monoisotopic (exact) mass is 438 g/mol. The summed E-state index contributed by atoms with van der Waals surface area (Å²) in [7, 11) is -0.416. The summed E-state index contributed by atoms with van der Waals surface area (Å²) in [6.07, 6.45) is 3.38. The van der Waals surface area contributed by atoms with Gasteiger partial charge in [-0.1, -0.05) is 12.1 Å². The van der Waals surface area contributed by atoms with Crippen molar-refractivity contribution in [3.05, 3.63) is 23.8 Å². The Morgan fingerprint density at radius 2 is 1.47 bits per heavy atom. The van der Waals surface area contributed by atoms with Gasteiger partial charge in [0.05, 0.1) is 29.8 Å². The Balaban J connectivity index is 1.26. The van der Waals surface area contributed by atoms with Gasteiger partial charge in [0.1, 0.15) is 0 Å². The van der Waals surface area contributed by atoms with Gasteiger partial charge in [-0.3, -0.25) is 9.69 Å². The van der Waals surface area contributed by atoms with Crippen LogP contribution in [0.15, 0.2) is 18.2 Å². The summed E-state index contributed by atoms with van der Waals surface area (Å²) in [4.78, 5) is 18.3. The van der Waals surface area contributed by atoms with E-state index in [1.807, 2.05) is 0 Å². The molecule has 2 bridgehead atoms. The number of carbonyl (C=O) groups is 1. The molecule has 6 nitrogen and oxygen atoms in total. The zero-order valence-electron chi connectivity index (χ0n) is 20.2. The third-order valence-corrected chi connectivity index (χ3v) is 9.12. The van der Waals surface area contributed by atoms with E-state index >= 15 is 0 Å². The van der Waals surface area contributed by atoms with Gasteiger partial charge in [0, 0.05) is 29.9 Å². The fourth-order valence-electron chi connectivity index (χ4n) is 6.27. The average Bonchev–Trinajstić information content (AvgIpc) is 3.04. The fourth-order valence-corrected chi connectivity index (χ4v) is 6.27. The quantitative estimate of drug-likeness (QED) is 0.680. The van der Waals surface area contributed by atoms with Crippen molar-refractivity contribution >= 4 is 24.2 Å². The molecule has 0 spiro atoms. The Bertz CT molecular complexity index is 941. The Morgan fingerprint density at radius 3 is 2.06 bits per heavy atom. The van der Waals surface area contributed by atoms with Crippen molar-refractivity contribution in [1.29, 1.82) is 0 Å². The number of amides is 1. The molecular formula is C25H35BN2O4. The van der Waals surface area contributed by atoms with Gasteiger partial charge in [0.2, 0.25) is 5.91 Å². The Kier molecular flexibility index (Phi) is 4.36. The molecule has 2 unspecified atom stereocenters. The highest BCUT2D eigenvalue weighted by atomic mass is 16.7. The van der Waals surface area contributed by atoms with Gasteiger partial charge in [-0.15, -0.1) is 0 Å². The number of ether oxygens (including phenoxy) is 1. The van der Waals surface area contributed by atoms with Crippen LogP contribution < -0.4 is 10.4 Å². The number of rotatable bonds is 3. The topological polar surface area (TPSA) is 51.2 Å². The number of hydrogen-bond acceptors (Lipinski definition) is 5. The zero-order valence-corrected chi connectivity index (χ0v) is 20.2. The molecule has 1 saturated carbocycles. The smallest absolute Gasteiger partial charge is 0.399 e. The first kappa shape index (κ1) is 21.1. The first-order chi connectivity index (χ1) is 15.0. The van der Waals surface area contributed by atoms with Crippen LogP contribution in [-0.4, -0.2) is 66.5 Å². The Morgan fingerprint density at radius 1 is 0.875 bits per heavy atom. The van der Waals surface area contributed by atoms with Gasteiger partial charge in [0.25, 0.3) is 0 Å². The van der Waals surface area contributed by atoms with E-state index < -0.39 is 12.5 Å². The molecule has 1 aromatic carbocycles. The fraction of sp³-hybridized carbons (Fsp3) is 0.720. The summed E-state index contributed by atoms with van der Waals surface area (Å²) in [5, 5.41) is 0. The van der Waals surface area contributed by atoms with E-state index in [0.29, 0.717) is 18.1 Å². The van der Waals surface area contributed by atoms with Crippen molar-refractivity contribution in [3.8, 4) is 0 Å². The van der Waals surface area contributed by atoms with Gasteiger partial charge in [-0.25, -0.2) is 0 Å². The summed E-state index contributed by atoms with van der Waals surface area (Å²) < 4.78 is 18.2. The van der Waals surface area contributed by atoms with Crippen molar-refractivity contribution in [1.82, 2.24) is 4.90 Å². The highest BCUT2D eigenvalue weighted by Gasteiger charge is 2.55. The molecule has 1 aromatic rings. The summed E-state index contributed by atoms with van der Waals surface area (Å²) in [6, 6.07) is 8.36. The van der Waals surface area contributed by atoms with E-state index in [0.717, 1.165) is 42.8 Å². The number of benzene rings is 1. The van der Waals surface area contributed by atoms with E-state index in [1.54, 1.807) is 0 Å². The molecule has 7 heteroatoms. The number of anilines is 1. The number of fused-ring (bicyclic) bond motifs is 3. The van der Waals surface area contributed by atoms with Gasteiger partial charge < -0.3 is 18.9 Å². The molecular weight excluding hydrogens is 403 g/mol. The lowest BCUT2D eigenvalue weighted by molar-refractivity contribution is -0.161. The molecule has 0 aromatic heterocycles. The van der Waals surface area contributed by atoms with Crippen LogP contribution in [-0.2, 0) is 24.3 Å². The molecule has 172 valence electrons. The summed E-state index contributed by atoms with van der Waals surface area (Å²) in [6.45, 7) is 14.1. The minimum Gasteiger partial charge on any atom is -0.399 e. The maximum absolute atomic E-state index is 13.5. The molecule has 0 N–H and O–H groups in total. The minimum atomic E-state index is -0.504. The van der Waals surface area contributed by atoms with Gasteiger partial charge in [-0.2, -0.15) is 0 Å². The van der Waals surface area contributed by atoms with Crippen LogP contribution in [0.1, 0.15) is 66.4 Å². The Labute approximate surface area is 191 Å². The summed E-state index contributed by atoms with van der Waals surface area (Å²) in [5.74, 6) is 0.217. The maximum Gasteiger partial charge on any atom is 0.494 e. The van der Waals surface area contributed by atoms with Crippen LogP contribution in [0.4, 0.5) is 5.69 Å². The van der Waals surface area contributed by atoms with Crippen LogP contribution in [0.5, 0.6) is 0 Å². The lowest BCUT2D eigenvalue weighted by Gasteiger charge is -2.60. The van der Waals surface area contributed by atoms with E-state index in [-0.39, 0.29) is 23.2 Å². The van der Waals surface area contributed by atoms with E-state index in [4.69, 9.17) is 14.0 Å². The highest BCUT2D eigenvalue weighted by Crippen LogP contribution is 2.48. The van der Waals surface area contributed by atoms with Crippen molar-refractivity contribution in [2.24, 2.45) is 0 Å². The SMILES string of the molecule is CC1(C)C(=O)N(C2CC(N3C4COCC3C4)C2)c2cc(B3OC(C)(C)C(C)(C)O3)ccc21. The largest absolute Gasteiger partial charge is 0.494 e. The summed E-state index contributed by atoms with van der Waals surface area (Å²) in [5.41, 5.74) is 1.87. The zero-order chi connectivity index (χ0) is 22.6. The van der Waals surface area contributed by atoms with Crippen LogP contribution in [0, 0.1) is 0 Å². The molecule has 2 atom stereocenters. The molecule has 0 radical (unpaired) electrons. The van der Waals surface area contributed by atoms with Gasteiger partial charge >= 0.3 is 7.12 Å². The van der Waals surface area contributed by atoms with Crippen molar-refractivity contribution in [3.63, 3.8) is 0 Å². The standard InChI is InChI=1S/C25H35BN2O4/c1-23(2)20-8-7-15(26-31-24(3,4)25(5,6)32-26)9-21(20)28(22(23)29)17-10-16(11-17)27-18-12-19(27)14-30-13-18/h7-9,16-19H,10-14H2,1-6H3. The third kappa shape index (κ3) is 2.77. The van der Waals surface area contributed by atoms with Crippen LogP contribution >= 0.6 is 0 Å². The molecule has 4 fully saturated rings. The van der Waals surface area contributed by atoms with Gasteiger partial charge in [-0.05, 0) is 77.9 Å². The van der Waals surface area contributed by atoms with E-state index in [2.05, 4.69) is 69.5 Å². The summed E-state index contributed by atoms with van der Waals surface area (Å²) >= 11 is 0. The normalized spacial score (nSPS) is 36.6. The molecule has 32 heavy (non-hydrogen) atoms. The number of morpholine rings is 1.